The second kappa shape index (κ2) is 7.17. The molecule has 0 aliphatic rings. The first-order valence-electron chi connectivity index (χ1n) is 6.60. The van der Waals surface area contributed by atoms with E-state index >= 15 is 0 Å². The fourth-order valence-corrected chi connectivity index (χ4v) is 2.33. The Balaban J connectivity index is 2.33. The maximum Gasteiger partial charge on any atom is 0.316 e. The zero-order valence-corrected chi connectivity index (χ0v) is 13.1. The van der Waals surface area contributed by atoms with E-state index in [1.165, 1.54) is 18.9 Å². The predicted octanol–water partition coefficient (Wildman–Crippen LogP) is 2.93. The van der Waals surface area contributed by atoms with Gasteiger partial charge < -0.3 is 4.74 Å². The lowest BCUT2D eigenvalue weighted by Crippen LogP contribution is -2.05. The highest BCUT2D eigenvalue weighted by Gasteiger charge is 2.12. The van der Waals surface area contributed by atoms with Crippen LogP contribution in [0.4, 0.5) is 0 Å². The minimum Gasteiger partial charge on any atom is -0.468 e. The lowest BCUT2D eigenvalue weighted by atomic mass is 10.1. The molecule has 0 radical (unpaired) electrons. The average molecular weight is 303 g/mol. The fourth-order valence-electron chi connectivity index (χ4n) is 1.63. The van der Waals surface area contributed by atoms with Crippen LogP contribution in [-0.4, -0.2) is 33.8 Å². The van der Waals surface area contributed by atoms with E-state index in [1.807, 2.05) is 24.3 Å². The largest absolute Gasteiger partial charge is 0.468 e. The van der Waals surface area contributed by atoms with Crippen LogP contribution in [0.2, 0.25) is 0 Å². The smallest absolute Gasteiger partial charge is 0.316 e. The van der Waals surface area contributed by atoms with Crippen LogP contribution in [0.15, 0.2) is 35.6 Å². The number of nitrogens with zero attached hydrogens (tertiary/aromatic N) is 3. The maximum absolute atomic E-state index is 11.2. The number of carbonyl (C=O) groups is 1. The summed E-state index contributed by atoms with van der Waals surface area (Å²) in [6.45, 7) is 4.14. The van der Waals surface area contributed by atoms with Crippen molar-refractivity contribution >= 4 is 17.7 Å². The van der Waals surface area contributed by atoms with E-state index in [1.54, 1.807) is 6.20 Å². The molecule has 0 fully saturated rings. The number of rotatable bonds is 5. The molecule has 0 unspecified atom stereocenters. The highest BCUT2D eigenvalue weighted by atomic mass is 32.2. The summed E-state index contributed by atoms with van der Waals surface area (Å²) in [5.74, 6) is 0.172. The summed E-state index contributed by atoms with van der Waals surface area (Å²) in [4.78, 5) is 24.5. The van der Waals surface area contributed by atoms with Crippen molar-refractivity contribution in [1.29, 1.82) is 0 Å². The van der Waals surface area contributed by atoms with Crippen LogP contribution in [0.1, 0.15) is 25.5 Å². The molecule has 0 saturated carbocycles. The molecule has 0 spiro atoms. The van der Waals surface area contributed by atoms with Crippen LogP contribution >= 0.6 is 11.8 Å². The van der Waals surface area contributed by atoms with Gasteiger partial charge in [0.2, 0.25) is 0 Å². The van der Waals surface area contributed by atoms with Crippen LogP contribution in [-0.2, 0) is 9.53 Å². The molecule has 21 heavy (non-hydrogen) atoms. The molecule has 2 rings (SSSR count). The van der Waals surface area contributed by atoms with Crippen molar-refractivity contribution in [2.45, 2.75) is 24.9 Å². The molecule has 0 saturated heterocycles. The van der Waals surface area contributed by atoms with Gasteiger partial charge in [0.15, 0.2) is 5.16 Å². The fraction of sp³-hybridized carbons (Fsp3) is 0.333. The SMILES string of the molecule is COC(=O)CSc1nc(-c2ccccn2)cc(C(C)C)n1. The van der Waals surface area contributed by atoms with E-state index in [-0.39, 0.29) is 17.6 Å². The number of ether oxygens (including phenoxy) is 1. The lowest BCUT2D eigenvalue weighted by molar-refractivity contribution is -0.137. The molecule has 5 nitrogen and oxygen atoms in total. The topological polar surface area (TPSA) is 65.0 Å². The van der Waals surface area contributed by atoms with E-state index in [0.29, 0.717) is 5.16 Å². The number of carbonyl (C=O) groups excluding carboxylic acids is 1. The van der Waals surface area contributed by atoms with Gasteiger partial charge in [-0.1, -0.05) is 31.7 Å². The summed E-state index contributed by atoms with van der Waals surface area (Å²) in [6, 6.07) is 7.62. The molecule has 2 aromatic rings. The van der Waals surface area contributed by atoms with E-state index < -0.39 is 0 Å². The molecule has 0 aliphatic heterocycles. The van der Waals surface area contributed by atoms with Gasteiger partial charge >= 0.3 is 5.97 Å². The van der Waals surface area contributed by atoms with Crippen molar-refractivity contribution in [3.8, 4) is 11.4 Å². The number of thioether (sulfide) groups is 1. The molecule has 2 aromatic heterocycles. The van der Waals surface area contributed by atoms with E-state index in [0.717, 1.165) is 17.1 Å². The monoisotopic (exact) mass is 303 g/mol. The van der Waals surface area contributed by atoms with Crippen molar-refractivity contribution in [3.05, 3.63) is 36.2 Å². The first-order chi connectivity index (χ1) is 10.1. The van der Waals surface area contributed by atoms with Gasteiger partial charge in [-0.2, -0.15) is 0 Å². The van der Waals surface area contributed by atoms with Gasteiger partial charge in [-0.3, -0.25) is 9.78 Å². The third-order valence-electron chi connectivity index (χ3n) is 2.79. The van der Waals surface area contributed by atoms with Crippen molar-refractivity contribution in [2.75, 3.05) is 12.9 Å². The van der Waals surface area contributed by atoms with Crippen molar-refractivity contribution in [1.82, 2.24) is 15.0 Å². The summed E-state index contributed by atoms with van der Waals surface area (Å²) >= 11 is 1.27. The van der Waals surface area contributed by atoms with Gasteiger partial charge in [-0.25, -0.2) is 9.97 Å². The summed E-state index contributed by atoms with van der Waals surface area (Å²) < 4.78 is 4.64. The third kappa shape index (κ3) is 4.26. The van der Waals surface area contributed by atoms with Crippen LogP contribution in [0.3, 0.4) is 0 Å². The summed E-state index contributed by atoms with van der Waals surface area (Å²) in [6.07, 6.45) is 1.73. The summed E-state index contributed by atoms with van der Waals surface area (Å²) in [5, 5.41) is 0.562. The predicted molar refractivity (Wildman–Crippen MR) is 82.1 cm³/mol. The molecule has 0 bridgehead atoms. The Labute approximate surface area is 128 Å². The minimum atomic E-state index is -0.294. The standard InChI is InChI=1S/C15H17N3O2S/c1-10(2)12-8-13(11-6-4-5-7-16-11)18-15(17-12)21-9-14(19)20-3/h4-8,10H,9H2,1-3H3. The van der Waals surface area contributed by atoms with Crippen LogP contribution < -0.4 is 0 Å². The van der Waals surface area contributed by atoms with Crippen LogP contribution in [0.5, 0.6) is 0 Å². The number of methoxy groups -OCH3 is 1. The first-order valence-corrected chi connectivity index (χ1v) is 7.58. The Morgan fingerprint density at radius 3 is 2.71 bits per heavy atom. The Kier molecular flexibility index (Phi) is 5.27. The molecular formula is C15H17N3O2S. The molecule has 0 amide bonds. The molecule has 0 aromatic carbocycles. The van der Waals surface area contributed by atoms with Gasteiger partial charge in [0.25, 0.3) is 0 Å². The Morgan fingerprint density at radius 2 is 2.10 bits per heavy atom. The quantitative estimate of drug-likeness (QED) is 0.481. The van der Waals surface area contributed by atoms with Gasteiger partial charge in [-0.15, -0.1) is 0 Å². The average Bonchev–Trinajstić information content (AvgIpc) is 2.53. The van der Waals surface area contributed by atoms with Crippen LogP contribution in [0, 0.1) is 0 Å². The first kappa shape index (κ1) is 15.4. The third-order valence-corrected chi connectivity index (χ3v) is 3.61. The molecule has 2 heterocycles. The van der Waals surface area contributed by atoms with Crippen LogP contribution in [0.25, 0.3) is 11.4 Å². The van der Waals surface area contributed by atoms with Gasteiger partial charge in [0.1, 0.15) is 0 Å². The highest BCUT2D eigenvalue weighted by Crippen LogP contribution is 2.23. The number of hydrogen-bond acceptors (Lipinski definition) is 6. The molecular weight excluding hydrogens is 286 g/mol. The normalized spacial score (nSPS) is 10.7. The number of hydrogen-bond donors (Lipinski definition) is 0. The Morgan fingerprint density at radius 1 is 1.29 bits per heavy atom. The molecule has 0 aliphatic carbocycles. The maximum atomic E-state index is 11.2. The van der Waals surface area contributed by atoms with E-state index in [2.05, 4.69) is 33.5 Å². The number of aromatic nitrogens is 3. The van der Waals surface area contributed by atoms with Crippen molar-refractivity contribution < 1.29 is 9.53 Å². The zero-order chi connectivity index (χ0) is 15.2. The number of esters is 1. The van der Waals surface area contributed by atoms with Crippen molar-refractivity contribution in [2.24, 2.45) is 0 Å². The van der Waals surface area contributed by atoms with Gasteiger partial charge in [-0.05, 0) is 24.1 Å². The number of pyridine rings is 1. The van der Waals surface area contributed by atoms with Crippen molar-refractivity contribution in [3.63, 3.8) is 0 Å². The summed E-state index contributed by atoms with van der Waals surface area (Å²) in [7, 11) is 1.37. The molecule has 6 heteroatoms. The van der Waals surface area contributed by atoms with E-state index in [4.69, 9.17) is 0 Å². The van der Waals surface area contributed by atoms with Gasteiger partial charge in [0, 0.05) is 11.9 Å². The Hall–Kier alpha value is -1.95. The minimum absolute atomic E-state index is 0.194. The highest BCUT2D eigenvalue weighted by molar-refractivity contribution is 7.99. The molecule has 0 N–H and O–H groups in total. The zero-order valence-electron chi connectivity index (χ0n) is 12.2. The Bertz CT molecular complexity index is 618. The second-order valence-electron chi connectivity index (χ2n) is 4.70. The van der Waals surface area contributed by atoms with Gasteiger partial charge in [0.05, 0.1) is 24.3 Å². The molecule has 0 atom stereocenters. The molecule has 110 valence electrons. The summed E-state index contributed by atoms with van der Waals surface area (Å²) in [5.41, 5.74) is 2.49. The van der Waals surface area contributed by atoms with E-state index in [9.17, 15) is 4.79 Å². The lowest BCUT2D eigenvalue weighted by Gasteiger charge is -2.09. The second-order valence-corrected chi connectivity index (χ2v) is 5.64.